The molecule has 0 radical (unpaired) electrons. The Balaban J connectivity index is 2.34. The molecule has 20 heavy (non-hydrogen) atoms. The number of primary amides is 1. The Bertz CT molecular complexity index is 712. The average molecular weight is 298 g/mol. The van der Waals surface area contributed by atoms with Crippen molar-refractivity contribution < 1.29 is 27.0 Å². The second-order valence-corrected chi connectivity index (χ2v) is 5.19. The molecule has 0 saturated heterocycles. The normalized spacial score (nSPS) is 17.6. The van der Waals surface area contributed by atoms with Gasteiger partial charge in [-0.05, 0) is 12.1 Å². The number of nitrogens with zero attached hydrogens (tertiary/aromatic N) is 1. The zero-order valence-electron chi connectivity index (χ0n) is 10.0. The summed E-state index contributed by atoms with van der Waals surface area (Å²) in [5.74, 6) is -0.691. The van der Waals surface area contributed by atoms with Crippen LogP contribution in [0.2, 0.25) is 0 Å². The largest absolute Gasteiger partial charge is 0.433 e. The van der Waals surface area contributed by atoms with E-state index in [0.717, 1.165) is 6.08 Å². The van der Waals surface area contributed by atoms with E-state index in [1.54, 1.807) is 6.07 Å². The fraction of sp³-hybridized carbons (Fsp3) is 0.0909. The molecule has 0 spiro atoms. The van der Waals surface area contributed by atoms with E-state index in [9.17, 15) is 13.2 Å². The van der Waals surface area contributed by atoms with Crippen molar-refractivity contribution in [2.24, 2.45) is 10.9 Å². The number of furan rings is 1. The molecule has 1 amide bonds. The number of hydrogen-bond acceptors (Lipinski definition) is 6. The molecule has 2 rings (SSSR count). The SMILES string of the molecule is NC(=O)C1=CC=C(S(=O)(=O)O)C(=NOc2ccco2)C1. The molecule has 0 fully saturated rings. The number of allylic oxidation sites excluding steroid dienone is 3. The van der Waals surface area contributed by atoms with Gasteiger partial charge >= 0.3 is 5.95 Å². The summed E-state index contributed by atoms with van der Waals surface area (Å²) in [6.45, 7) is 0. The highest BCUT2D eigenvalue weighted by molar-refractivity contribution is 7.90. The van der Waals surface area contributed by atoms with E-state index in [0.29, 0.717) is 0 Å². The number of rotatable bonds is 4. The monoisotopic (exact) mass is 298 g/mol. The zero-order chi connectivity index (χ0) is 14.8. The molecule has 1 aromatic heterocycles. The van der Waals surface area contributed by atoms with Gasteiger partial charge in [-0.15, -0.1) is 0 Å². The minimum atomic E-state index is -4.49. The van der Waals surface area contributed by atoms with Crippen LogP contribution in [0.15, 0.2) is 50.6 Å². The Morgan fingerprint density at radius 2 is 2.20 bits per heavy atom. The molecule has 106 valence electrons. The molecular formula is C11H10N2O6S. The maximum atomic E-state index is 11.2. The first kappa shape index (κ1) is 14.0. The second-order valence-electron chi connectivity index (χ2n) is 3.80. The van der Waals surface area contributed by atoms with Crippen LogP contribution in [0.1, 0.15) is 6.42 Å². The van der Waals surface area contributed by atoms with Crippen molar-refractivity contribution in [2.75, 3.05) is 0 Å². The molecule has 3 N–H and O–H groups in total. The van der Waals surface area contributed by atoms with E-state index < -0.39 is 20.9 Å². The van der Waals surface area contributed by atoms with E-state index >= 15 is 0 Å². The molecule has 1 aliphatic rings. The van der Waals surface area contributed by atoms with Gasteiger partial charge in [0.2, 0.25) is 5.91 Å². The fourth-order valence-electron chi connectivity index (χ4n) is 1.50. The highest BCUT2D eigenvalue weighted by atomic mass is 32.2. The van der Waals surface area contributed by atoms with Gasteiger partial charge in [0.05, 0.1) is 6.26 Å². The van der Waals surface area contributed by atoms with Gasteiger partial charge in [-0.2, -0.15) is 8.42 Å². The van der Waals surface area contributed by atoms with Gasteiger partial charge in [0, 0.05) is 18.1 Å². The molecule has 0 aromatic carbocycles. The van der Waals surface area contributed by atoms with Gasteiger partial charge in [-0.25, -0.2) is 0 Å². The lowest BCUT2D eigenvalue weighted by molar-refractivity contribution is -0.114. The Kier molecular flexibility index (Phi) is 3.72. The molecule has 0 bridgehead atoms. The zero-order valence-corrected chi connectivity index (χ0v) is 10.8. The Hall–Kier alpha value is -2.39. The first-order valence-electron chi connectivity index (χ1n) is 5.34. The summed E-state index contributed by atoms with van der Waals surface area (Å²) in [7, 11) is -4.49. The third-order valence-corrected chi connectivity index (χ3v) is 3.34. The third-order valence-electron chi connectivity index (χ3n) is 2.41. The highest BCUT2D eigenvalue weighted by Gasteiger charge is 2.26. The van der Waals surface area contributed by atoms with Crippen LogP contribution < -0.4 is 10.6 Å². The van der Waals surface area contributed by atoms with Gasteiger partial charge < -0.3 is 15.0 Å². The molecule has 9 heteroatoms. The second kappa shape index (κ2) is 5.31. The van der Waals surface area contributed by atoms with Crippen molar-refractivity contribution in [3.8, 4) is 5.95 Å². The Labute approximate surface area is 113 Å². The molecule has 0 unspecified atom stereocenters. The molecular weight excluding hydrogens is 288 g/mol. The number of carbonyl (C=O) groups is 1. The minimum absolute atomic E-state index is 0.0300. The summed E-state index contributed by atoms with van der Waals surface area (Å²) < 4.78 is 36.4. The summed E-state index contributed by atoms with van der Waals surface area (Å²) >= 11 is 0. The lowest BCUT2D eigenvalue weighted by atomic mass is 10.0. The summed E-state index contributed by atoms with van der Waals surface area (Å²) in [4.78, 5) is 15.5. The van der Waals surface area contributed by atoms with Gasteiger partial charge in [-0.1, -0.05) is 11.2 Å². The van der Waals surface area contributed by atoms with E-state index in [2.05, 4.69) is 5.16 Å². The third kappa shape index (κ3) is 3.13. The Morgan fingerprint density at radius 3 is 2.75 bits per heavy atom. The lowest BCUT2D eigenvalue weighted by Gasteiger charge is -2.12. The van der Waals surface area contributed by atoms with Gasteiger partial charge in [-0.3, -0.25) is 9.35 Å². The first-order chi connectivity index (χ1) is 9.38. The molecule has 0 aliphatic heterocycles. The maximum Gasteiger partial charge on any atom is 0.314 e. The van der Waals surface area contributed by atoms with Crippen molar-refractivity contribution in [3.63, 3.8) is 0 Å². The average Bonchev–Trinajstić information content (AvgIpc) is 2.87. The van der Waals surface area contributed by atoms with Crippen molar-refractivity contribution in [2.45, 2.75) is 6.42 Å². The van der Waals surface area contributed by atoms with Crippen molar-refractivity contribution in [1.29, 1.82) is 0 Å². The molecule has 1 aromatic rings. The summed E-state index contributed by atoms with van der Waals surface area (Å²) in [6, 6.07) is 3.00. The smallest absolute Gasteiger partial charge is 0.314 e. The highest BCUT2D eigenvalue weighted by Crippen LogP contribution is 2.21. The summed E-state index contributed by atoms with van der Waals surface area (Å²) in [6.07, 6.45) is 3.40. The molecule has 8 nitrogen and oxygen atoms in total. The summed E-state index contributed by atoms with van der Waals surface area (Å²) in [5.41, 5.74) is 5.10. The predicted molar refractivity (Wildman–Crippen MR) is 68.3 cm³/mol. The van der Waals surface area contributed by atoms with Crippen molar-refractivity contribution in [1.82, 2.24) is 0 Å². The lowest BCUT2D eigenvalue weighted by Crippen LogP contribution is -2.23. The van der Waals surface area contributed by atoms with Crippen LogP contribution in [-0.4, -0.2) is 24.6 Å². The number of carbonyl (C=O) groups excluding carboxylic acids is 1. The summed E-state index contributed by atoms with van der Waals surface area (Å²) in [5, 5.41) is 3.57. The number of nitrogens with two attached hydrogens (primary N) is 1. The number of oxime groups is 1. The van der Waals surface area contributed by atoms with Crippen LogP contribution in [0, 0.1) is 0 Å². The van der Waals surface area contributed by atoms with Crippen LogP contribution in [0.3, 0.4) is 0 Å². The van der Waals surface area contributed by atoms with E-state index in [4.69, 9.17) is 19.5 Å². The van der Waals surface area contributed by atoms with E-state index in [1.807, 2.05) is 0 Å². The van der Waals surface area contributed by atoms with Crippen LogP contribution in [-0.2, 0) is 14.9 Å². The quantitative estimate of drug-likeness (QED) is 0.618. The predicted octanol–water partition coefficient (Wildman–Crippen LogP) is 0.602. The van der Waals surface area contributed by atoms with E-state index in [-0.39, 0.29) is 23.7 Å². The van der Waals surface area contributed by atoms with Crippen molar-refractivity contribution in [3.05, 3.63) is 41.0 Å². The maximum absolute atomic E-state index is 11.2. The van der Waals surface area contributed by atoms with Gasteiger partial charge in [0.25, 0.3) is 10.1 Å². The van der Waals surface area contributed by atoms with Crippen LogP contribution in [0.4, 0.5) is 0 Å². The topological polar surface area (TPSA) is 132 Å². The van der Waals surface area contributed by atoms with Gasteiger partial charge in [0.1, 0.15) is 10.6 Å². The first-order valence-corrected chi connectivity index (χ1v) is 6.78. The van der Waals surface area contributed by atoms with E-state index in [1.165, 1.54) is 18.4 Å². The van der Waals surface area contributed by atoms with Crippen molar-refractivity contribution >= 4 is 21.7 Å². The van der Waals surface area contributed by atoms with Gasteiger partial charge in [0.15, 0.2) is 0 Å². The van der Waals surface area contributed by atoms with Crippen LogP contribution in [0.5, 0.6) is 5.95 Å². The molecule has 0 saturated carbocycles. The molecule has 0 atom stereocenters. The fourth-order valence-corrected chi connectivity index (χ4v) is 2.14. The standard InChI is InChI=1S/C11H10N2O6S/c12-11(14)7-3-4-9(20(15,16)17)8(6-7)13-19-10-2-1-5-18-10/h1-5H,6H2,(H2,12,14)(H,15,16,17). The minimum Gasteiger partial charge on any atom is -0.433 e. The molecule has 1 aliphatic carbocycles. The number of amides is 1. The molecule has 1 heterocycles. The van der Waals surface area contributed by atoms with Crippen LogP contribution >= 0.6 is 0 Å². The Morgan fingerprint density at radius 1 is 1.45 bits per heavy atom. The number of hydrogen-bond donors (Lipinski definition) is 2. The van der Waals surface area contributed by atoms with Crippen LogP contribution in [0.25, 0.3) is 0 Å².